The summed E-state index contributed by atoms with van der Waals surface area (Å²) < 4.78 is 0. The quantitative estimate of drug-likeness (QED) is 0.850. The van der Waals surface area contributed by atoms with Gasteiger partial charge in [-0.2, -0.15) is 10.2 Å². The molecule has 2 fully saturated rings. The van der Waals surface area contributed by atoms with Crippen LogP contribution in [0.3, 0.4) is 0 Å². The van der Waals surface area contributed by atoms with Crippen molar-refractivity contribution in [1.82, 2.24) is 20.0 Å². The lowest BCUT2D eigenvalue weighted by atomic mass is 9.85. The third-order valence-electron chi connectivity index (χ3n) is 5.53. The summed E-state index contributed by atoms with van der Waals surface area (Å²) in [7, 11) is 0. The fourth-order valence-electron chi connectivity index (χ4n) is 4.10. The summed E-state index contributed by atoms with van der Waals surface area (Å²) >= 11 is 0. The molecule has 6 heteroatoms. The molecule has 2 aromatic rings. The third-order valence-corrected chi connectivity index (χ3v) is 5.53. The van der Waals surface area contributed by atoms with Crippen molar-refractivity contribution in [2.45, 2.75) is 26.3 Å². The van der Waals surface area contributed by atoms with E-state index in [0.29, 0.717) is 25.2 Å². The fraction of sp³-hybridized carbons (Fsp3) is 0.400. The smallest absolute Gasteiger partial charge is 0.255 e. The van der Waals surface area contributed by atoms with Gasteiger partial charge in [-0.05, 0) is 31.4 Å². The summed E-state index contributed by atoms with van der Waals surface area (Å²) in [6.07, 6.45) is 4.55. The number of aryl methyl sites for hydroxylation is 1. The predicted octanol–water partition coefficient (Wildman–Crippen LogP) is 2.05. The first-order chi connectivity index (χ1) is 12.6. The molecule has 2 aliphatic heterocycles. The molecule has 1 aromatic heterocycles. The Morgan fingerprint density at radius 3 is 2.81 bits per heavy atom. The van der Waals surface area contributed by atoms with Gasteiger partial charge in [-0.15, -0.1) is 0 Å². The zero-order valence-electron chi connectivity index (χ0n) is 14.9. The standard InChI is InChI=1S/C20H22N4O2/c1-15-3-2-4-16(11-15)13-23-9-6-20(19(23)26)7-10-24(14-20)18(25)17-5-8-21-22-12-17/h2-5,8,11-12H,6-7,9-10,13-14H2,1H3/t20-/m1/s1. The van der Waals surface area contributed by atoms with Gasteiger partial charge in [-0.25, -0.2) is 0 Å². The van der Waals surface area contributed by atoms with Crippen molar-refractivity contribution in [3.05, 3.63) is 59.4 Å². The summed E-state index contributed by atoms with van der Waals surface area (Å²) in [6, 6.07) is 9.94. The van der Waals surface area contributed by atoms with E-state index in [-0.39, 0.29) is 11.8 Å². The molecular weight excluding hydrogens is 328 g/mol. The summed E-state index contributed by atoms with van der Waals surface area (Å²) in [4.78, 5) is 29.5. The zero-order chi connectivity index (χ0) is 18.1. The number of hydrogen-bond donors (Lipinski definition) is 0. The normalized spacial score (nSPS) is 22.4. The first-order valence-corrected chi connectivity index (χ1v) is 8.98. The molecule has 0 radical (unpaired) electrons. The fourth-order valence-corrected chi connectivity index (χ4v) is 4.10. The molecule has 1 atom stereocenters. The molecule has 0 N–H and O–H groups in total. The number of aromatic nitrogens is 2. The summed E-state index contributed by atoms with van der Waals surface area (Å²) in [5.74, 6) is 0.115. The second kappa shape index (κ2) is 6.52. The molecule has 0 saturated carbocycles. The number of benzene rings is 1. The van der Waals surface area contributed by atoms with Gasteiger partial charge in [0.25, 0.3) is 5.91 Å². The lowest BCUT2D eigenvalue weighted by molar-refractivity contribution is -0.135. The predicted molar refractivity (Wildman–Crippen MR) is 96.2 cm³/mol. The first-order valence-electron chi connectivity index (χ1n) is 8.98. The van der Waals surface area contributed by atoms with Gasteiger partial charge >= 0.3 is 0 Å². The monoisotopic (exact) mass is 350 g/mol. The van der Waals surface area contributed by atoms with E-state index in [1.54, 1.807) is 11.0 Å². The molecule has 134 valence electrons. The average molecular weight is 350 g/mol. The SMILES string of the molecule is Cc1cccc(CN2CC[C@]3(CCN(C(=O)c4ccnnc4)C3)C2=O)c1. The second-order valence-electron chi connectivity index (χ2n) is 7.35. The van der Waals surface area contributed by atoms with E-state index in [4.69, 9.17) is 0 Å². The van der Waals surface area contributed by atoms with Crippen LogP contribution in [0, 0.1) is 12.3 Å². The molecule has 4 rings (SSSR count). The number of amides is 2. The van der Waals surface area contributed by atoms with Crippen LogP contribution in [-0.4, -0.2) is 51.4 Å². The molecule has 1 spiro atoms. The van der Waals surface area contributed by atoms with Gasteiger partial charge in [0.1, 0.15) is 0 Å². The summed E-state index contributed by atoms with van der Waals surface area (Å²) in [5.41, 5.74) is 2.47. The highest BCUT2D eigenvalue weighted by Gasteiger charge is 2.51. The molecule has 6 nitrogen and oxygen atoms in total. The van der Waals surface area contributed by atoms with E-state index in [1.165, 1.54) is 18.0 Å². The van der Waals surface area contributed by atoms with Crippen molar-refractivity contribution in [2.24, 2.45) is 5.41 Å². The minimum absolute atomic E-state index is 0.0679. The molecular formula is C20H22N4O2. The molecule has 2 saturated heterocycles. The Bertz CT molecular complexity index is 839. The van der Waals surface area contributed by atoms with Crippen LogP contribution in [0.5, 0.6) is 0 Å². The summed E-state index contributed by atoms with van der Waals surface area (Å²) in [6.45, 7) is 4.57. The minimum atomic E-state index is -0.417. The van der Waals surface area contributed by atoms with E-state index in [0.717, 1.165) is 24.9 Å². The highest BCUT2D eigenvalue weighted by Crippen LogP contribution is 2.41. The Kier molecular flexibility index (Phi) is 4.18. The molecule has 3 heterocycles. The lowest BCUT2D eigenvalue weighted by Gasteiger charge is -2.24. The topological polar surface area (TPSA) is 66.4 Å². The third kappa shape index (κ3) is 2.96. The first kappa shape index (κ1) is 16.7. The molecule has 0 bridgehead atoms. The van der Waals surface area contributed by atoms with Gasteiger partial charge in [0, 0.05) is 26.2 Å². The van der Waals surface area contributed by atoms with Crippen LogP contribution in [0.25, 0.3) is 0 Å². The highest BCUT2D eigenvalue weighted by atomic mass is 16.2. The number of nitrogens with zero attached hydrogens (tertiary/aromatic N) is 4. The van der Waals surface area contributed by atoms with Crippen LogP contribution < -0.4 is 0 Å². The van der Waals surface area contributed by atoms with Crippen LogP contribution in [0.2, 0.25) is 0 Å². The number of carbonyl (C=O) groups excluding carboxylic acids is 2. The maximum atomic E-state index is 13.1. The van der Waals surface area contributed by atoms with Crippen LogP contribution in [0.4, 0.5) is 0 Å². The van der Waals surface area contributed by atoms with Crippen LogP contribution in [-0.2, 0) is 11.3 Å². The Hall–Kier alpha value is -2.76. The van der Waals surface area contributed by atoms with E-state index in [1.807, 2.05) is 11.0 Å². The number of likely N-dealkylation sites (tertiary alicyclic amines) is 2. The van der Waals surface area contributed by atoms with Gasteiger partial charge in [-0.1, -0.05) is 29.8 Å². The molecule has 0 aliphatic carbocycles. The van der Waals surface area contributed by atoms with Crippen LogP contribution in [0.1, 0.15) is 34.3 Å². The molecule has 1 aromatic carbocycles. The number of carbonyl (C=O) groups is 2. The average Bonchev–Trinajstić information content (AvgIpc) is 3.22. The molecule has 26 heavy (non-hydrogen) atoms. The largest absolute Gasteiger partial charge is 0.338 e. The summed E-state index contributed by atoms with van der Waals surface area (Å²) in [5, 5.41) is 7.49. The Balaban J connectivity index is 1.45. The Labute approximate surface area is 152 Å². The molecule has 2 amide bonds. The van der Waals surface area contributed by atoms with Crippen LogP contribution >= 0.6 is 0 Å². The van der Waals surface area contributed by atoms with E-state index in [2.05, 4.69) is 35.3 Å². The van der Waals surface area contributed by atoms with Crippen molar-refractivity contribution in [2.75, 3.05) is 19.6 Å². The minimum Gasteiger partial charge on any atom is -0.338 e. The lowest BCUT2D eigenvalue weighted by Crippen LogP contribution is -2.38. The van der Waals surface area contributed by atoms with Crippen molar-refractivity contribution in [3.63, 3.8) is 0 Å². The van der Waals surface area contributed by atoms with Gasteiger partial charge in [0.2, 0.25) is 5.91 Å². The van der Waals surface area contributed by atoms with E-state index in [9.17, 15) is 9.59 Å². The van der Waals surface area contributed by atoms with Gasteiger partial charge in [-0.3, -0.25) is 9.59 Å². The second-order valence-corrected chi connectivity index (χ2v) is 7.35. The van der Waals surface area contributed by atoms with E-state index >= 15 is 0 Å². The van der Waals surface area contributed by atoms with Gasteiger partial charge < -0.3 is 9.80 Å². The zero-order valence-corrected chi connectivity index (χ0v) is 14.9. The van der Waals surface area contributed by atoms with Crippen molar-refractivity contribution in [1.29, 1.82) is 0 Å². The Morgan fingerprint density at radius 2 is 2.04 bits per heavy atom. The number of rotatable bonds is 3. The number of hydrogen-bond acceptors (Lipinski definition) is 4. The highest BCUT2D eigenvalue weighted by molar-refractivity contribution is 5.95. The maximum Gasteiger partial charge on any atom is 0.255 e. The van der Waals surface area contributed by atoms with Crippen LogP contribution in [0.15, 0.2) is 42.7 Å². The van der Waals surface area contributed by atoms with Crippen molar-refractivity contribution < 1.29 is 9.59 Å². The molecule has 2 aliphatic rings. The van der Waals surface area contributed by atoms with Gasteiger partial charge in [0.05, 0.1) is 23.4 Å². The van der Waals surface area contributed by atoms with Crippen molar-refractivity contribution in [3.8, 4) is 0 Å². The van der Waals surface area contributed by atoms with Crippen molar-refractivity contribution >= 4 is 11.8 Å². The maximum absolute atomic E-state index is 13.1. The van der Waals surface area contributed by atoms with Gasteiger partial charge in [0.15, 0.2) is 0 Å². The van der Waals surface area contributed by atoms with E-state index < -0.39 is 5.41 Å². The molecule has 0 unspecified atom stereocenters. The Morgan fingerprint density at radius 1 is 1.19 bits per heavy atom.